The van der Waals surface area contributed by atoms with E-state index in [0.29, 0.717) is 31.5 Å². The Labute approximate surface area is 264 Å². The number of benzene rings is 2. The SMILES string of the molecule is O=C1N[C@@H](B(O)O)CCCCCCCCCC(NCc2cccc(F)c2)C(=O)N2C[C@H](OC(=O)N3Cc4ccccc4C3)C[C@@H]12. The number of rotatable bonds is 5. The fraction of sp³-hybridized carbons (Fsp3) is 0.545. The van der Waals surface area contributed by atoms with E-state index in [1.54, 1.807) is 17.0 Å². The van der Waals surface area contributed by atoms with Crippen LogP contribution in [0.4, 0.5) is 9.18 Å². The Morgan fingerprint density at radius 1 is 0.956 bits per heavy atom. The summed E-state index contributed by atoms with van der Waals surface area (Å²) in [7, 11) is -1.75. The van der Waals surface area contributed by atoms with E-state index in [4.69, 9.17) is 4.74 Å². The molecule has 3 amide bonds. The predicted octanol–water partition coefficient (Wildman–Crippen LogP) is 3.43. The summed E-state index contributed by atoms with van der Waals surface area (Å²) in [6, 6.07) is 12.4. The molecule has 4 N–H and O–H groups in total. The number of fused-ring (bicyclic) bond motifs is 2. The van der Waals surface area contributed by atoms with E-state index < -0.39 is 43.2 Å². The third-order valence-corrected chi connectivity index (χ3v) is 9.15. The molecule has 12 heteroatoms. The summed E-state index contributed by atoms with van der Waals surface area (Å²) >= 11 is 0. The van der Waals surface area contributed by atoms with Crippen molar-refractivity contribution < 1.29 is 33.6 Å². The highest BCUT2D eigenvalue weighted by atomic mass is 19.1. The van der Waals surface area contributed by atoms with Crippen LogP contribution in [0.15, 0.2) is 48.5 Å². The van der Waals surface area contributed by atoms with Gasteiger partial charge in [0.25, 0.3) is 0 Å². The average Bonchev–Trinajstić information content (AvgIpc) is 3.65. The minimum Gasteiger partial charge on any atom is -0.444 e. The van der Waals surface area contributed by atoms with Crippen LogP contribution in [0.3, 0.4) is 0 Å². The van der Waals surface area contributed by atoms with Crippen molar-refractivity contribution >= 4 is 25.0 Å². The lowest BCUT2D eigenvalue weighted by molar-refractivity contribution is -0.140. The van der Waals surface area contributed by atoms with Crippen LogP contribution in [0, 0.1) is 5.82 Å². The number of hydrogen-bond donors (Lipinski definition) is 4. The number of nitrogens with zero attached hydrogens (tertiary/aromatic N) is 2. The lowest BCUT2D eigenvalue weighted by Gasteiger charge is -2.30. The van der Waals surface area contributed by atoms with Crippen molar-refractivity contribution in [1.29, 1.82) is 0 Å². The monoisotopic (exact) mass is 622 g/mol. The molecule has 0 aliphatic carbocycles. The highest BCUT2D eigenvalue weighted by molar-refractivity contribution is 6.43. The van der Waals surface area contributed by atoms with Crippen LogP contribution in [0.2, 0.25) is 0 Å². The summed E-state index contributed by atoms with van der Waals surface area (Å²) in [5.41, 5.74) is 2.81. The standard InChI is InChI=1S/C33H44BFN4O6/c35-26-14-10-11-23(17-26)19-36-28-15-6-4-2-1-3-5-7-16-30(34(43)44)37-31(40)29-18-27(22-39(29)32(28)41)45-33(42)38-20-24-12-8-9-13-25(24)21-38/h8-14,17,27-30,36,43-44H,1-7,15-16,18-22H2,(H,37,40)/t27-,28?,29+,30-/m1/s1. The fourth-order valence-corrected chi connectivity index (χ4v) is 6.63. The Bertz CT molecular complexity index is 1310. The van der Waals surface area contributed by atoms with Gasteiger partial charge < -0.3 is 30.3 Å². The summed E-state index contributed by atoms with van der Waals surface area (Å²) in [4.78, 5) is 44.1. The van der Waals surface area contributed by atoms with Crippen molar-refractivity contribution in [3.05, 3.63) is 71.0 Å². The second-order valence-electron chi connectivity index (χ2n) is 12.5. The average molecular weight is 623 g/mol. The maximum atomic E-state index is 14.2. The van der Waals surface area contributed by atoms with Crippen molar-refractivity contribution in [2.75, 3.05) is 6.54 Å². The molecule has 2 aromatic carbocycles. The molecule has 3 heterocycles. The zero-order chi connectivity index (χ0) is 31.8. The minimum atomic E-state index is -1.75. The van der Waals surface area contributed by atoms with Gasteiger partial charge in [0.15, 0.2) is 0 Å². The Morgan fingerprint density at radius 3 is 2.29 bits per heavy atom. The maximum absolute atomic E-state index is 14.2. The van der Waals surface area contributed by atoms with Gasteiger partial charge in [-0.05, 0) is 41.7 Å². The third-order valence-electron chi connectivity index (χ3n) is 9.15. The highest BCUT2D eigenvalue weighted by Crippen LogP contribution is 2.27. The van der Waals surface area contributed by atoms with E-state index in [2.05, 4.69) is 10.6 Å². The fourth-order valence-electron chi connectivity index (χ4n) is 6.63. The first-order chi connectivity index (χ1) is 21.8. The number of carbonyl (C=O) groups excluding carboxylic acids is 3. The van der Waals surface area contributed by atoms with E-state index in [-0.39, 0.29) is 31.2 Å². The zero-order valence-corrected chi connectivity index (χ0v) is 25.7. The lowest BCUT2D eigenvalue weighted by Crippen LogP contribution is -2.56. The molecule has 45 heavy (non-hydrogen) atoms. The molecule has 2 saturated heterocycles. The normalized spacial score (nSPS) is 25.0. The predicted molar refractivity (Wildman–Crippen MR) is 167 cm³/mol. The molecule has 242 valence electrons. The van der Waals surface area contributed by atoms with Crippen LogP contribution in [-0.2, 0) is 34.0 Å². The molecule has 0 saturated carbocycles. The molecular weight excluding hydrogens is 578 g/mol. The van der Waals surface area contributed by atoms with Gasteiger partial charge in [-0.1, -0.05) is 81.3 Å². The molecule has 4 atom stereocenters. The lowest BCUT2D eigenvalue weighted by atomic mass is 9.76. The van der Waals surface area contributed by atoms with Crippen molar-refractivity contribution in [1.82, 2.24) is 20.4 Å². The van der Waals surface area contributed by atoms with Crippen molar-refractivity contribution in [2.45, 2.75) is 108 Å². The molecule has 3 aliphatic heterocycles. The summed E-state index contributed by atoms with van der Waals surface area (Å²) in [6.07, 6.45) is 6.29. The summed E-state index contributed by atoms with van der Waals surface area (Å²) < 4.78 is 19.7. The number of hydrogen-bond acceptors (Lipinski definition) is 7. The van der Waals surface area contributed by atoms with Gasteiger partial charge in [-0.3, -0.25) is 14.5 Å². The molecule has 0 radical (unpaired) electrons. The molecule has 1 unspecified atom stereocenters. The van der Waals surface area contributed by atoms with E-state index in [1.165, 1.54) is 17.0 Å². The van der Waals surface area contributed by atoms with Gasteiger partial charge in [-0.15, -0.1) is 0 Å². The van der Waals surface area contributed by atoms with E-state index in [9.17, 15) is 28.8 Å². The Balaban J connectivity index is 1.33. The van der Waals surface area contributed by atoms with Gasteiger partial charge in [0.05, 0.1) is 18.5 Å². The first-order valence-electron chi connectivity index (χ1n) is 16.3. The first-order valence-corrected chi connectivity index (χ1v) is 16.3. The molecule has 2 fully saturated rings. The van der Waals surface area contributed by atoms with Gasteiger partial charge in [0.1, 0.15) is 18.0 Å². The van der Waals surface area contributed by atoms with Crippen molar-refractivity contribution in [2.24, 2.45) is 0 Å². The molecule has 3 aliphatic rings. The van der Waals surface area contributed by atoms with Gasteiger partial charge >= 0.3 is 13.2 Å². The Kier molecular flexibility index (Phi) is 11.5. The van der Waals surface area contributed by atoms with Gasteiger partial charge in [-0.2, -0.15) is 0 Å². The van der Waals surface area contributed by atoms with Crippen molar-refractivity contribution in [3.63, 3.8) is 0 Å². The maximum Gasteiger partial charge on any atom is 0.475 e. The number of ether oxygens (including phenoxy) is 1. The van der Waals surface area contributed by atoms with E-state index in [1.807, 2.05) is 24.3 Å². The number of nitrogens with one attached hydrogen (secondary N) is 2. The second-order valence-corrected chi connectivity index (χ2v) is 12.5. The second kappa shape index (κ2) is 15.7. The Morgan fingerprint density at radius 2 is 1.62 bits per heavy atom. The Hall–Kier alpha value is -3.48. The topological polar surface area (TPSA) is 131 Å². The highest BCUT2D eigenvalue weighted by Gasteiger charge is 2.44. The van der Waals surface area contributed by atoms with Crippen LogP contribution < -0.4 is 10.6 Å². The number of carbonyl (C=O) groups is 3. The van der Waals surface area contributed by atoms with Crippen LogP contribution in [-0.4, -0.2) is 75.5 Å². The third kappa shape index (κ3) is 8.83. The largest absolute Gasteiger partial charge is 0.475 e. The summed E-state index contributed by atoms with van der Waals surface area (Å²) in [5.74, 6) is -2.05. The smallest absolute Gasteiger partial charge is 0.444 e. The van der Waals surface area contributed by atoms with E-state index in [0.717, 1.165) is 56.1 Å². The van der Waals surface area contributed by atoms with Gasteiger partial charge in [0, 0.05) is 26.1 Å². The molecule has 0 aromatic heterocycles. The minimum absolute atomic E-state index is 0.0357. The van der Waals surface area contributed by atoms with Crippen LogP contribution >= 0.6 is 0 Å². The quantitative estimate of drug-likeness (QED) is 0.376. The molecule has 2 aromatic rings. The molecular formula is C33H44BFN4O6. The van der Waals surface area contributed by atoms with Crippen LogP contribution in [0.5, 0.6) is 0 Å². The van der Waals surface area contributed by atoms with E-state index >= 15 is 0 Å². The molecule has 10 nitrogen and oxygen atoms in total. The van der Waals surface area contributed by atoms with Gasteiger partial charge in [0.2, 0.25) is 11.8 Å². The number of halogens is 1. The van der Waals surface area contributed by atoms with Crippen LogP contribution in [0.25, 0.3) is 0 Å². The first kappa shape index (κ1) is 32.9. The molecule has 5 rings (SSSR count). The van der Waals surface area contributed by atoms with Crippen LogP contribution in [0.1, 0.15) is 80.9 Å². The van der Waals surface area contributed by atoms with Gasteiger partial charge in [-0.25, -0.2) is 9.18 Å². The summed E-state index contributed by atoms with van der Waals surface area (Å²) in [6.45, 7) is 1.16. The summed E-state index contributed by atoms with van der Waals surface area (Å²) in [5, 5.41) is 26.1. The molecule has 0 spiro atoms. The zero-order valence-electron chi connectivity index (χ0n) is 25.7. The van der Waals surface area contributed by atoms with Crippen molar-refractivity contribution in [3.8, 4) is 0 Å². The molecule has 0 bridgehead atoms. The number of amides is 3.